The van der Waals surface area contributed by atoms with Crippen molar-refractivity contribution in [2.45, 2.75) is 64.0 Å². The standard InChI is InChI=1S/C18H25BrN6O2/c1-18(2,3)27-17(26)24-8-6-12(7-9-24)21-15-16-20-10-13(19)25(16)23-14(22-15)11-4-5-11/h10-12H,4-9H2,1-3H3,(H,21,22,23). The molecule has 146 valence electrons. The van der Waals surface area contributed by atoms with Crippen LogP contribution in [0, 0.1) is 0 Å². The van der Waals surface area contributed by atoms with Crippen molar-refractivity contribution in [2.24, 2.45) is 0 Å². The van der Waals surface area contributed by atoms with Crippen LogP contribution in [-0.4, -0.2) is 55.3 Å². The summed E-state index contributed by atoms with van der Waals surface area (Å²) >= 11 is 3.50. The van der Waals surface area contributed by atoms with Crippen LogP contribution in [0.15, 0.2) is 10.8 Å². The summed E-state index contributed by atoms with van der Waals surface area (Å²) in [5.41, 5.74) is 0.257. The number of nitrogens with one attached hydrogen (secondary N) is 1. The van der Waals surface area contributed by atoms with Gasteiger partial charge in [-0.25, -0.2) is 19.3 Å². The number of nitrogens with zero attached hydrogens (tertiary/aromatic N) is 5. The second-order valence-corrected chi connectivity index (χ2v) is 9.11. The number of piperidine rings is 1. The lowest BCUT2D eigenvalue weighted by Crippen LogP contribution is -2.44. The summed E-state index contributed by atoms with van der Waals surface area (Å²) in [5.74, 6) is 2.10. The van der Waals surface area contributed by atoms with Gasteiger partial charge in [0.2, 0.25) is 0 Å². The Morgan fingerprint density at radius 1 is 1.26 bits per heavy atom. The van der Waals surface area contributed by atoms with Gasteiger partial charge in [-0.3, -0.25) is 0 Å². The molecule has 1 saturated carbocycles. The number of anilines is 1. The van der Waals surface area contributed by atoms with Crippen molar-refractivity contribution in [1.82, 2.24) is 24.5 Å². The topological polar surface area (TPSA) is 84.6 Å². The normalized spacial score (nSPS) is 18.7. The van der Waals surface area contributed by atoms with Gasteiger partial charge in [-0.05, 0) is 62.4 Å². The zero-order valence-corrected chi connectivity index (χ0v) is 17.5. The molecule has 0 unspecified atom stereocenters. The molecule has 1 amide bonds. The molecule has 0 atom stereocenters. The first-order valence-electron chi connectivity index (χ1n) is 9.46. The second-order valence-electron chi connectivity index (χ2n) is 8.30. The Labute approximate surface area is 166 Å². The van der Waals surface area contributed by atoms with Crippen molar-refractivity contribution in [3.8, 4) is 0 Å². The van der Waals surface area contributed by atoms with Crippen molar-refractivity contribution in [1.29, 1.82) is 0 Å². The number of hydrogen-bond acceptors (Lipinski definition) is 6. The summed E-state index contributed by atoms with van der Waals surface area (Å²) in [4.78, 5) is 23.2. The van der Waals surface area contributed by atoms with Crippen LogP contribution in [0.3, 0.4) is 0 Å². The van der Waals surface area contributed by atoms with E-state index < -0.39 is 5.60 Å². The molecule has 0 bridgehead atoms. The minimum absolute atomic E-state index is 0.237. The third-order valence-corrected chi connectivity index (χ3v) is 5.31. The van der Waals surface area contributed by atoms with E-state index in [9.17, 15) is 4.79 Å². The number of carbonyl (C=O) groups excluding carboxylic acids is 1. The van der Waals surface area contributed by atoms with Gasteiger partial charge >= 0.3 is 6.09 Å². The molecule has 1 saturated heterocycles. The fourth-order valence-corrected chi connectivity index (χ4v) is 3.56. The number of carbonyl (C=O) groups is 1. The third kappa shape index (κ3) is 4.17. The van der Waals surface area contributed by atoms with Gasteiger partial charge in [0.25, 0.3) is 0 Å². The highest BCUT2D eigenvalue weighted by molar-refractivity contribution is 9.10. The lowest BCUT2D eigenvalue weighted by atomic mass is 10.1. The highest BCUT2D eigenvalue weighted by Gasteiger charge is 2.30. The number of fused-ring (bicyclic) bond motifs is 1. The fraction of sp³-hybridized carbons (Fsp3) is 0.667. The van der Waals surface area contributed by atoms with Gasteiger partial charge in [0.1, 0.15) is 10.2 Å². The van der Waals surface area contributed by atoms with Crippen LogP contribution in [0.1, 0.15) is 58.2 Å². The van der Waals surface area contributed by atoms with Crippen molar-refractivity contribution >= 4 is 33.5 Å². The predicted octanol–water partition coefficient (Wildman–Crippen LogP) is 3.58. The molecule has 3 heterocycles. The minimum Gasteiger partial charge on any atom is -0.444 e. The lowest BCUT2D eigenvalue weighted by molar-refractivity contribution is 0.0210. The molecule has 0 radical (unpaired) electrons. The van der Waals surface area contributed by atoms with Gasteiger partial charge < -0.3 is 15.0 Å². The van der Waals surface area contributed by atoms with E-state index in [2.05, 4.69) is 31.3 Å². The summed E-state index contributed by atoms with van der Waals surface area (Å²) in [6.45, 7) is 7.00. The molecule has 2 fully saturated rings. The average molecular weight is 437 g/mol. The van der Waals surface area contributed by atoms with Crippen LogP contribution in [0.2, 0.25) is 0 Å². The summed E-state index contributed by atoms with van der Waals surface area (Å²) in [6.07, 6.45) is 5.48. The summed E-state index contributed by atoms with van der Waals surface area (Å²) in [6, 6.07) is 0.241. The molecule has 2 aromatic rings. The Hall–Kier alpha value is -1.90. The number of amides is 1. The van der Waals surface area contributed by atoms with Gasteiger partial charge in [-0.1, -0.05) is 0 Å². The van der Waals surface area contributed by atoms with Gasteiger partial charge in [0.15, 0.2) is 17.3 Å². The van der Waals surface area contributed by atoms with E-state index in [1.807, 2.05) is 20.8 Å². The van der Waals surface area contributed by atoms with Crippen molar-refractivity contribution in [3.05, 3.63) is 16.6 Å². The molecule has 1 aliphatic heterocycles. The maximum absolute atomic E-state index is 12.2. The van der Waals surface area contributed by atoms with E-state index >= 15 is 0 Å². The van der Waals surface area contributed by atoms with Crippen molar-refractivity contribution < 1.29 is 9.53 Å². The number of imidazole rings is 1. The van der Waals surface area contributed by atoms with Crippen LogP contribution in [0.4, 0.5) is 10.6 Å². The van der Waals surface area contributed by atoms with Crippen LogP contribution in [0.5, 0.6) is 0 Å². The zero-order chi connectivity index (χ0) is 19.2. The molecule has 27 heavy (non-hydrogen) atoms. The van der Waals surface area contributed by atoms with E-state index in [1.54, 1.807) is 15.6 Å². The first-order valence-corrected chi connectivity index (χ1v) is 10.2. The molecule has 8 nitrogen and oxygen atoms in total. The molecule has 9 heteroatoms. The Morgan fingerprint density at radius 2 is 1.96 bits per heavy atom. The first-order chi connectivity index (χ1) is 12.8. The smallest absolute Gasteiger partial charge is 0.410 e. The van der Waals surface area contributed by atoms with Crippen LogP contribution in [0.25, 0.3) is 5.65 Å². The molecule has 0 aromatic carbocycles. The largest absolute Gasteiger partial charge is 0.444 e. The zero-order valence-electron chi connectivity index (χ0n) is 15.9. The van der Waals surface area contributed by atoms with Crippen LogP contribution in [-0.2, 0) is 4.74 Å². The number of halogens is 1. The molecule has 1 aliphatic carbocycles. The van der Waals surface area contributed by atoms with E-state index in [1.165, 1.54) is 0 Å². The van der Waals surface area contributed by atoms with Crippen LogP contribution < -0.4 is 5.32 Å². The van der Waals surface area contributed by atoms with Gasteiger partial charge in [0, 0.05) is 25.0 Å². The Kier molecular flexibility index (Phi) is 4.73. The van der Waals surface area contributed by atoms with E-state index in [0.29, 0.717) is 19.0 Å². The molecular formula is C18H25BrN6O2. The second kappa shape index (κ2) is 6.92. The van der Waals surface area contributed by atoms with E-state index in [4.69, 9.17) is 9.72 Å². The lowest BCUT2D eigenvalue weighted by Gasteiger charge is -2.33. The number of ether oxygens (including phenoxy) is 1. The number of rotatable bonds is 3. The SMILES string of the molecule is CC(C)(C)OC(=O)N1CCC(Nc2nc(C3CC3)nn3c(Br)cnc23)CC1. The molecule has 4 rings (SSSR count). The maximum atomic E-state index is 12.2. The van der Waals surface area contributed by atoms with Crippen molar-refractivity contribution in [2.75, 3.05) is 18.4 Å². The molecule has 1 N–H and O–H groups in total. The molecular weight excluding hydrogens is 412 g/mol. The number of likely N-dealkylation sites (tertiary alicyclic amines) is 1. The molecule has 0 spiro atoms. The van der Waals surface area contributed by atoms with Crippen LogP contribution >= 0.6 is 15.9 Å². The predicted molar refractivity (Wildman–Crippen MR) is 105 cm³/mol. The fourth-order valence-electron chi connectivity index (χ4n) is 3.21. The Bertz CT molecular complexity index is 849. The summed E-state index contributed by atoms with van der Waals surface area (Å²) in [5, 5.41) is 8.14. The maximum Gasteiger partial charge on any atom is 0.410 e. The van der Waals surface area contributed by atoms with E-state index in [0.717, 1.165) is 47.6 Å². The minimum atomic E-state index is -0.466. The number of aromatic nitrogens is 4. The summed E-state index contributed by atoms with van der Waals surface area (Å²) < 4.78 is 8.10. The highest BCUT2D eigenvalue weighted by atomic mass is 79.9. The van der Waals surface area contributed by atoms with Crippen molar-refractivity contribution in [3.63, 3.8) is 0 Å². The number of hydrogen-bond donors (Lipinski definition) is 1. The quantitative estimate of drug-likeness (QED) is 0.791. The monoisotopic (exact) mass is 436 g/mol. The molecule has 2 aromatic heterocycles. The van der Waals surface area contributed by atoms with E-state index in [-0.39, 0.29) is 12.1 Å². The van der Waals surface area contributed by atoms with Gasteiger partial charge in [0.05, 0.1) is 6.20 Å². The molecule has 2 aliphatic rings. The Balaban J connectivity index is 1.44. The summed E-state index contributed by atoms with van der Waals surface area (Å²) in [7, 11) is 0. The third-order valence-electron chi connectivity index (χ3n) is 4.77. The van der Waals surface area contributed by atoms with Gasteiger partial charge in [-0.2, -0.15) is 0 Å². The Morgan fingerprint density at radius 3 is 2.59 bits per heavy atom. The highest BCUT2D eigenvalue weighted by Crippen LogP contribution is 2.38. The van der Waals surface area contributed by atoms with Gasteiger partial charge in [-0.15, -0.1) is 5.10 Å². The average Bonchev–Trinajstić information content (AvgIpc) is 3.38. The first kappa shape index (κ1) is 18.5.